The minimum atomic E-state index is 0.221. The van der Waals surface area contributed by atoms with Crippen molar-refractivity contribution in [3.8, 4) is 0 Å². The van der Waals surface area contributed by atoms with Crippen LogP contribution in [-0.4, -0.2) is 48.1 Å². The van der Waals surface area contributed by atoms with Crippen LogP contribution in [0, 0.1) is 0 Å². The van der Waals surface area contributed by atoms with E-state index in [1.54, 1.807) is 0 Å². The van der Waals surface area contributed by atoms with Gasteiger partial charge in [-0.15, -0.1) is 0 Å². The molecule has 28 heavy (non-hydrogen) atoms. The van der Waals surface area contributed by atoms with Crippen molar-refractivity contribution in [1.29, 1.82) is 0 Å². The molecule has 0 aromatic heterocycles. The summed E-state index contributed by atoms with van der Waals surface area (Å²) in [5.74, 6) is 1.26. The van der Waals surface area contributed by atoms with E-state index >= 15 is 0 Å². The summed E-state index contributed by atoms with van der Waals surface area (Å²) in [6, 6.07) is 7.58. The quantitative estimate of drug-likeness (QED) is 0.832. The molecule has 0 unspecified atom stereocenters. The third kappa shape index (κ3) is 4.18. The number of nitrogens with one attached hydrogen (secondary N) is 1. The third-order valence-corrected chi connectivity index (χ3v) is 6.74. The smallest absolute Gasteiger partial charge is 0.105 e. The minimum Gasteiger partial charge on any atom is -0.395 e. The lowest BCUT2D eigenvalue weighted by Crippen LogP contribution is -2.45. The maximum Gasteiger partial charge on any atom is 0.105 e. The fraction of sp³-hybridized carbons (Fsp3) is 0.625. The number of aryl methyl sites for hydroxylation is 1. The number of hydrogen-bond donors (Lipinski definition) is 2. The van der Waals surface area contributed by atoms with E-state index in [1.165, 1.54) is 41.8 Å². The van der Waals surface area contributed by atoms with Crippen molar-refractivity contribution in [1.82, 2.24) is 10.2 Å². The van der Waals surface area contributed by atoms with Gasteiger partial charge in [-0.3, -0.25) is 0 Å². The normalized spacial score (nSPS) is 22.5. The molecular weight excluding hydrogens is 346 g/mol. The lowest BCUT2D eigenvalue weighted by atomic mass is 9.72. The SMILES string of the molecule is CC1(C)CCCc2cc(C3=CCCC(N4CCC(NCCO)CC4)=N3)ccc21. The van der Waals surface area contributed by atoms with Gasteiger partial charge in [0, 0.05) is 37.7 Å². The minimum absolute atomic E-state index is 0.221. The summed E-state index contributed by atoms with van der Waals surface area (Å²) in [5.41, 5.74) is 5.80. The second kappa shape index (κ2) is 8.38. The molecule has 2 aliphatic heterocycles. The summed E-state index contributed by atoms with van der Waals surface area (Å²) in [7, 11) is 0. The van der Waals surface area contributed by atoms with E-state index in [4.69, 9.17) is 10.1 Å². The average Bonchev–Trinajstić information content (AvgIpc) is 2.72. The highest BCUT2D eigenvalue weighted by Crippen LogP contribution is 2.38. The molecule has 1 fully saturated rings. The fourth-order valence-electron chi connectivity index (χ4n) is 5.08. The Balaban J connectivity index is 1.47. The first-order valence-electron chi connectivity index (χ1n) is 11.1. The van der Waals surface area contributed by atoms with Gasteiger partial charge in [-0.1, -0.05) is 32.1 Å². The van der Waals surface area contributed by atoms with E-state index in [0.717, 1.165) is 44.5 Å². The highest BCUT2D eigenvalue weighted by molar-refractivity contribution is 5.90. The van der Waals surface area contributed by atoms with E-state index in [1.807, 2.05) is 0 Å². The number of amidine groups is 1. The lowest BCUT2D eigenvalue weighted by molar-refractivity contribution is 0.247. The first-order valence-corrected chi connectivity index (χ1v) is 11.1. The number of rotatable bonds is 4. The van der Waals surface area contributed by atoms with E-state index < -0.39 is 0 Å². The van der Waals surface area contributed by atoms with Crippen LogP contribution in [-0.2, 0) is 11.8 Å². The number of aliphatic imine (C=N–C) groups is 1. The molecule has 152 valence electrons. The predicted molar refractivity (Wildman–Crippen MR) is 117 cm³/mol. The Morgan fingerprint density at radius 3 is 2.82 bits per heavy atom. The van der Waals surface area contributed by atoms with Crippen molar-refractivity contribution < 1.29 is 5.11 Å². The van der Waals surface area contributed by atoms with Crippen molar-refractivity contribution in [3.05, 3.63) is 41.0 Å². The summed E-state index contributed by atoms with van der Waals surface area (Å²) < 4.78 is 0. The molecule has 1 aliphatic carbocycles. The summed E-state index contributed by atoms with van der Waals surface area (Å²) in [6.07, 6.45) is 10.5. The first kappa shape index (κ1) is 19.7. The number of likely N-dealkylation sites (tertiary alicyclic amines) is 1. The van der Waals surface area contributed by atoms with Crippen LogP contribution < -0.4 is 5.32 Å². The van der Waals surface area contributed by atoms with E-state index in [9.17, 15) is 0 Å². The summed E-state index contributed by atoms with van der Waals surface area (Å²) >= 11 is 0. The Kier molecular flexibility index (Phi) is 5.88. The van der Waals surface area contributed by atoms with E-state index in [-0.39, 0.29) is 6.61 Å². The zero-order valence-corrected chi connectivity index (χ0v) is 17.5. The number of benzene rings is 1. The second-order valence-corrected chi connectivity index (χ2v) is 9.20. The van der Waals surface area contributed by atoms with Crippen molar-refractivity contribution >= 4 is 11.5 Å². The molecule has 1 aromatic rings. The number of fused-ring (bicyclic) bond motifs is 1. The number of piperidine rings is 1. The van der Waals surface area contributed by atoms with Crippen molar-refractivity contribution in [2.45, 2.75) is 70.3 Å². The molecule has 4 heteroatoms. The van der Waals surface area contributed by atoms with Gasteiger partial charge in [-0.2, -0.15) is 0 Å². The molecule has 2 N–H and O–H groups in total. The van der Waals surface area contributed by atoms with Crippen molar-refractivity contribution in [2.75, 3.05) is 26.2 Å². The number of hydrogen-bond acceptors (Lipinski definition) is 4. The van der Waals surface area contributed by atoms with Crippen LogP contribution in [0.4, 0.5) is 0 Å². The van der Waals surface area contributed by atoms with Crippen LogP contribution in [0.3, 0.4) is 0 Å². The largest absolute Gasteiger partial charge is 0.395 e. The van der Waals surface area contributed by atoms with Gasteiger partial charge in [0.25, 0.3) is 0 Å². The van der Waals surface area contributed by atoms with Gasteiger partial charge < -0.3 is 15.3 Å². The van der Waals surface area contributed by atoms with Gasteiger partial charge in [0.05, 0.1) is 12.3 Å². The maximum absolute atomic E-state index is 8.99. The Hall–Kier alpha value is -1.65. The van der Waals surface area contributed by atoms with Gasteiger partial charge in [-0.25, -0.2) is 4.99 Å². The lowest BCUT2D eigenvalue weighted by Gasteiger charge is -2.35. The van der Waals surface area contributed by atoms with Gasteiger partial charge in [0.2, 0.25) is 0 Å². The highest BCUT2D eigenvalue weighted by Gasteiger charge is 2.28. The molecular formula is C24H35N3O. The van der Waals surface area contributed by atoms with Gasteiger partial charge >= 0.3 is 0 Å². The van der Waals surface area contributed by atoms with Crippen molar-refractivity contribution in [2.24, 2.45) is 4.99 Å². The molecule has 0 saturated carbocycles. The molecule has 0 spiro atoms. The van der Waals surface area contributed by atoms with E-state index in [2.05, 4.69) is 48.3 Å². The standard InChI is InChI=1S/C24H35N3O/c1-24(2)12-4-5-18-17-19(8-9-21(18)24)22-6-3-7-23(26-22)27-14-10-20(11-15-27)25-13-16-28/h6,8-9,17,20,25,28H,3-5,7,10-16H2,1-2H3. The topological polar surface area (TPSA) is 47.9 Å². The number of allylic oxidation sites excluding steroid dienone is 1. The molecule has 4 rings (SSSR count). The Morgan fingerprint density at radius 2 is 2.04 bits per heavy atom. The van der Waals surface area contributed by atoms with Crippen LogP contribution in [0.25, 0.3) is 5.70 Å². The van der Waals surface area contributed by atoms with Gasteiger partial charge in [-0.05, 0) is 61.1 Å². The molecule has 1 saturated heterocycles. The van der Waals surface area contributed by atoms with Crippen LogP contribution in [0.5, 0.6) is 0 Å². The first-order chi connectivity index (χ1) is 13.6. The Morgan fingerprint density at radius 1 is 1.21 bits per heavy atom. The zero-order valence-electron chi connectivity index (χ0n) is 17.5. The van der Waals surface area contributed by atoms with Crippen LogP contribution in [0.2, 0.25) is 0 Å². The monoisotopic (exact) mass is 381 g/mol. The molecule has 3 aliphatic rings. The zero-order chi connectivity index (χ0) is 19.6. The van der Waals surface area contributed by atoms with E-state index in [0.29, 0.717) is 18.0 Å². The number of aliphatic hydroxyl groups excluding tert-OH is 1. The molecule has 0 bridgehead atoms. The molecule has 0 atom stereocenters. The highest BCUT2D eigenvalue weighted by atomic mass is 16.3. The molecule has 4 nitrogen and oxygen atoms in total. The van der Waals surface area contributed by atoms with Crippen LogP contribution in [0.15, 0.2) is 29.3 Å². The molecule has 1 aromatic carbocycles. The second-order valence-electron chi connectivity index (χ2n) is 9.20. The van der Waals surface area contributed by atoms with Crippen LogP contribution in [0.1, 0.15) is 69.1 Å². The molecule has 2 heterocycles. The summed E-state index contributed by atoms with van der Waals surface area (Å²) in [5, 5.41) is 12.4. The maximum atomic E-state index is 8.99. The van der Waals surface area contributed by atoms with Crippen LogP contribution >= 0.6 is 0 Å². The Bertz CT molecular complexity index is 757. The van der Waals surface area contributed by atoms with Gasteiger partial charge in [0.15, 0.2) is 0 Å². The summed E-state index contributed by atoms with van der Waals surface area (Å²) in [6.45, 7) is 7.80. The average molecular weight is 382 g/mol. The number of nitrogens with zero attached hydrogens (tertiary/aromatic N) is 2. The predicted octanol–water partition coefficient (Wildman–Crippen LogP) is 3.88. The Labute approximate surface area is 169 Å². The number of aliphatic hydroxyl groups is 1. The van der Waals surface area contributed by atoms with Crippen molar-refractivity contribution in [3.63, 3.8) is 0 Å². The van der Waals surface area contributed by atoms with Gasteiger partial charge in [0.1, 0.15) is 5.84 Å². The molecule has 0 radical (unpaired) electrons. The third-order valence-electron chi connectivity index (χ3n) is 6.74. The molecule has 0 amide bonds. The summed E-state index contributed by atoms with van der Waals surface area (Å²) in [4.78, 5) is 7.57. The fourth-order valence-corrected chi connectivity index (χ4v) is 5.08.